The van der Waals surface area contributed by atoms with E-state index in [4.69, 9.17) is 15.1 Å². The van der Waals surface area contributed by atoms with Gasteiger partial charge in [-0.15, -0.1) is 0 Å². The largest absolute Gasteiger partial charge is 0.491 e. The van der Waals surface area contributed by atoms with E-state index in [2.05, 4.69) is 21.2 Å². The molecule has 0 spiro atoms. The first kappa shape index (κ1) is 10.8. The molecule has 0 saturated carbocycles. The molecule has 0 aromatic heterocycles. The van der Waals surface area contributed by atoms with E-state index in [1.54, 1.807) is 6.07 Å². The normalized spacial score (nSPS) is 12.5. The van der Waals surface area contributed by atoms with Crippen molar-refractivity contribution in [2.24, 2.45) is 0 Å². The van der Waals surface area contributed by atoms with Crippen LogP contribution in [-0.2, 0) is 6.42 Å². The second-order valence-corrected chi connectivity index (χ2v) is 4.08. The Bertz CT molecular complexity index is 508. The fraction of sp³-hybridized carbons (Fsp3) is 0.200. The third kappa shape index (κ3) is 1.70. The van der Waals surface area contributed by atoms with Gasteiger partial charge in [-0.3, -0.25) is 5.32 Å². The zero-order chi connectivity index (χ0) is 11.7. The van der Waals surface area contributed by atoms with Crippen LogP contribution in [0, 0.1) is 11.3 Å². The van der Waals surface area contributed by atoms with Gasteiger partial charge in [0.1, 0.15) is 17.4 Å². The van der Waals surface area contributed by atoms with Crippen LogP contribution in [0.1, 0.15) is 11.1 Å². The van der Waals surface area contributed by atoms with Gasteiger partial charge in [-0.1, -0.05) is 15.9 Å². The molecule has 1 heterocycles. The van der Waals surface area contributed by atoms with Crippen LogP contribution in [-0.4, -0.2) is 17.8 Å². The molecule has 1 amide bonds. The number of ether oxygens (including phenoxy) is 1. The molecule has 5 nitrogen and oxygen atoms in total. The summed E-state index contributed by atoms with van der Waals surface area (Å²) in [6.45, 7) is 0.513. The van der Waals surface area contributed by atoms with Crippen molar-refractivity contribution in [2.75, 3.05) is 11.9 Å². The van der Waals surface area contributed by atoms with Crippen molar-refractivity contribution in [1.82, 2.24) is 0 Å². The van der Waals surface area contributed by atoms with E-state index in [-0.39, 0.29) is 11.3 Å². The molecule has 1 aliphatic rings. The number of nitrogens with zero attached hydrogens (tertiary/aromatic N) is 1. The molecule has 6 heteroatoms. The van der Waals surface area contributed by atoms with Gasteiger partial charge in [0.25, 0.3) is 0 Å². The van der Waals surface area contributed by atoms with Gasteiger partial charge in [0.15, 0.2) is 0 Å². The van der Waals surface area contributed by atoms with Crippen LogP contribution in [0.25, 0.3) is 0 Å². The first-order valence-electron chi connectivity index (χ1n) is 4.51. The van der Waals surface area contributed by atoms with Gasteiger partial charge in [0.2, 0.25) is 0 Å². The van der Waals surface area contributed by atoms with E-state index in [9.17, 15) is 4.79 Å². The van der Waals surface area contributed by atoms with Gasteiger partial charge in [-0.25, -0.2) is 4.79 Å². The fourth-order valence-corrected chi connectivity index (χ4v) is 2.25. The van der Waals surface area contributed by atoms with Crippen LogP contribution in [0.4, 0.5) is 10.5 Å². The van der Waals surface area contributed by atoms with Crippen molar-refractivity contribution >= 4 is 27.7 Å². The number of carboxylic acid groups (broad SMARTS) is 1. The van der Waals surface area contributed by atoms with Crippen molar-refractivity contribution in [3.8, 4) is 11.8 Å². The maximum atomic E-state index is 10.6. The first-order valence-corrected chi connectivity index (χ1v) is 5.31. The smallest absolute Gasteiger partial charge is 0.409 e. The molecule has 1 aliphatic heterocycles. The summed E-state index contributed by atoms with van der Waals surface area (Å²) in [7, 11) is 0. The van der Waals surface area contributed by atoms with Crippen LogP contribution in [0.5, 0.6) is 5.75 Å². The molecule has 0 radical (unpaired) electrons. The number of hydrogen-bond acceptors (Lipinski definition) is 3. The number of halogens is 1. The Hall–Kier alpha value is -1.74. The van der Waals surface area contributed by atoms with Crippen molar-refractivity contribution in [3.05, 3.63) is 21.7 Å². The predicted octanol–water partition coefficient (Wildman–Crippen LogP) is 2.35. The lowest BCUT2D eigenvalue weighted by atomic mass is 10.1. The molecule has 1 aromatic rings. The summed E-state index contributed by atoms with van der Waals surface area (Å²) in [5.41, 5.74) is 1.38. The Morgan fingerprint density at radius 2 is 2.44 bits per heavy atom. The minimum absolute atomic E-state index is 0.234. The second kappa shape index (κ2) is 4.02. The van der Waals surface area contributed by atoms with Gasteiger partial charge in [0, 0.05) is 16.5 Å². The minimum atomic E-state index is -1.21. The fourth-order valence-electron chi connectivity index (χ4n) is 1.64. The number of rotatable bonds is 1. The quantitative estimate of drug-likeness (QED) is 0.828. The molecular weight excluding hydrogens is 276 g/mol. The molecule has 1 aromatic carbocycles. The number of carbonyl (C=O) groups is 1. The minimum Gasteiger partial charge on any atom is -0.491 e. The lowest BCUT2D eigenvalue weighted by Crippen LogP contribution is -2.09. The molecule has 82 valence electrons. The summed E-state index contributed by atoms with van der Waals surface area (Å²) in [4.78, 5) is 10.6. The molecule has 16 heavy (non-hydrogen) atoms. The van der Waals surface area contributed by atoms with Gasteiger partial charge in [0.05, 0.1) is 12.3 Å². The van der Waals surface area contributed by atoms with Crippen LogP contribution < -0.4 is 10.1 Å². The van der Waals surface area contributed by atoms with Crippen molar-refractivity contribution in [3.63, 3.8) is 0 Å². The Morgan fingerprint density at radius 3 is 3.06 bits per heavy atom. The summed E-state index contributed by atoms with van der Waals surface area (Å²) in [5, 5.41) is 19.8. The lowest BCUT2D eigenvalue weighted by Gasteiger charge is -2.09. The SMILES string of the molecule is N#Cc1c(NC(=O)O)cc(Br)c2c1OCC2. The summed E-state index contributed by atoms with van der Waals surface area (Å²) in [6, 6.07) is 3.54. The van der Waals surface area contributed by atoms with E-state index in [1.807, 2.05) is 6.07 Å². The van der Waals surface area contributed by atoms with Crippen molar-refractivity contribution in [2.45, 2.75) is 6.42 Å². The van der Waals surface area contributed by atoms with Crippen LogP contribution >= 0.6 is 15.9 Å². The number of nitriles is 1. The molecule has 2 rings (SSSR count). The van der Waals surface area contributed by atoms with E-state index in [0.29, 0.717) is 12.4 Å². The van der Waals surface area contributed by atoms with Crippen LogP contribution in [0.3, 0.4) is 0 Å². The van der Waals surface area contributed by atoms with Crippen LogP contribution in [0.15, 0.2) is 10.5 Å². The maximum absolute atomic E-state index is 10.6. The average molecular weight is 283 g/mol. The molecule has 0 bridgehead atoms. The number of anilines is 1. The first-order chi connectivity index (χ1) is 7.63. The third-order valence-electron chi connectivity index (χ3n) is 2.28. The maximum Gasteiger partial charge on any atom is 0.409 e. The van der Waals surface area contributed by atoms with E-state index in [1.165, 1.54) is 0 Å². The van der Waals surface area contributed by atoms with E-state index in [0.717, 1.165) is 16.5 Å². The highest BCUT2D eigenvalue weighted by molar-refractivity contribution is 9.10. The highest BCUT2D eigenvalue weighted by Crippen LogP contribution is 2.39. The Morgan fingerprint density at radius 1 is 1.69 bits per heavy atom. The topological polar surface area (TPSA) is 82.4 Å². The number of fused-ring (bicyclic) bond motifs is 1. The number of amides is 1. The molecule has 0 aliphatic carbocycles. The summed E-state index contributed by atoms with van der Waals surface area (Å²) >= 11 is 3.33. The molecule has 2 N–H and O–H groups in total. The second-order valence-electron chi connectivity index (χ2n) is 3.23. The molecule has 0 saturated heterocycles. The van der Waals surface area contributed by atoms with E-state index < -0.39 is 6.09 Å². The Kier molecular flexibility index (Phi) is 2.71. The molecular formula is C10H7BrN2O3. The summed E-state index contributed by atoms with van der Waals surface area (Å²) in [6.07, 6.45) is -0.487. The van der Waals surface area contributed by atoms with Gasteiger partial charge in [-0.05, 0) is 6.07 Å². The van der Waals surface area contributed by atoms with E-state index >= 15 is 0 Å². The van der Waals surface area contributed by atoms with Gasteiger partial charge >= 0.3 is 6.09 Å². The van der Waals surface area contributed by atoms with Crippen molar-refractivity contribution in [1.29, 1.82) is 5.26 Å². The Balaban J connectivity index is 2.59. The van der Waals surface area contributed by atoms with Gasteiger partial charge < -0.3 is 9.84 Å². The monoisotopic (exact) mass is 282 g/mol. The summed E-state index contributed by atoms with van der Waals surface area (Å²) in [5.74, 6) is 0.473. The standard InChI is InChI=1S/C10H7BrN2O3/c11-7-3-8(13-10(14)15)6(4-12)9-5(7)1-2-16-9/h3,13H,1-2H2,(H,14,15). The molecule has 0 unspecified atom stereocenters. The third-order valence-corrected chi connectivity index (χ3v) is 2.99. The van der Waals surface area contributed by atoms with Crippen LogP contribution in [0.2, 0.25) is 0 Å². The number of nitrogens with one attached hydrogen (secondary N) is 1. The Labute approximate surface area is 99.8 Å². The number of hydrogen-bond donors (Lipinski definition) is 2. The highest BCUT2D eigenvalue weighted by Gasteiger charge is 2.23. The van der Waals surface area contributed by atoms with Crippen molar-refractivity contribution < 1.29 is 14.6 Å². The zero-order valence-corrected chi connectivity index (χ0v) is 9.67. The molecule has 0 fully saturated rings. The summed E-state index contributed by atoms with van der Waals surface area (Å²) < 4.78 is 6.09. The van der Waals surface area contributed by atoms with Gasteiger partial charge in [-0.2, -0.15) is 5.26 Å². The predicted molar refractivity (Wildman–Crippen MR) is 59.7 cm³/mol. The molecule has 0 atom stereocenters. The average Bonchev–Trinajstić information content (AvgIpc) is 2.66. The lowest BCUT2D eigenvalue weighted by molar-refractivity contribution is 0.209. The zero-order valence-electron chi connectivity index (χ0n) is 8.08. The number of benzene rings is 1. The highest BCUT2D eigenvalue weighted by atomic mass is 79.9.